The first-order chi connectivity index (χ1) is 14.9. The summed E-state index contributed by atoms with van der Waals surface area (Å²) in [5, 5.41) is 14.7. The molecule has 0 saturated heterocycles. The highest BCUT2D eigenvalue weighted by atomic mass is 32.2. The molecule has 0 radical (unpaired) electrons. The molecule has 0 bridgehead atoms. The molecule has 164 valence electrons. The van der Waals surface area contributed by atoms with Crippen molar-refractivity contribution in [2.75, 3.05) is 18.2 Å². The number of carbonyl (C=O) groups is 2. The van der Waals surface area contributed by atoms with E-state index in [9.17, 15) is 9.59 Å². The Hall–Kier alpha value is -2.43. The molecule has 0 aliphatic heterocycles. The largest absolute Gasteiger partial charge is 0.465 e. The molecule has 0 atom stereocenters. The monoisotopic (exact) mass is 476 g/mol. The molecular formula is C21H24N4O3S3. The molecule has 1 amide bonds. The van der Waals surface area contributed by atoms with Crippen molar-refractivity contribution in [1.29, 1.82) is 0 Å². The fourth-order valence-electron chi connectivity index (χ4n) is 2.94. The first-order valence-corrected chi connectivity index (χ1v) is 12.3. The quantitative estimate of drug-likeness (QED) is 0.267. The molecule has 31 heavy (non-hydrogen) atoms. The van der Waals surface area contributed by atoms with Crippen LogP contribution in [0.5, 0.6) is 0 Å². The van der Waals surface area contributed by atoms with Crippen LogP contribution < -0.4 is 5.32 Å². The van der Waals surface area contributed by atoms with Gasteiger partial charge in [-0.3, -0.25) is 9.36 Å². The summed E-state index contributed by atoms with van der Waals surface area (Å²) in [5.41, 5.74) is 2.24. The first-order valence-electron chi connectivity index (χ1n) is 9.62. The topological polar surface area (TPSA) is 86.1 Å². The van der Waals surface area contributed by atoms with Crippen molar-refractivity contribution in [1.82, 2.24) is 14.8 Å². The number of esters is 1. The Kier molecular flexibility index (Phi) is 7.69. The summed E-state index contributed by atoms with van der Waals surface area (Å²) in [4.78, 5) is 26.9. The van der Waals surface area contributed by atoms with E-state index in [0.29, 0.717) is 22.3 Å². The molecule has 0 spiro atoms. The maximum Gasteiger partial charge on any atom is 0.341 e. The highest BCUT2D eigenvalue weighted by molar-refractivity contribution is 7.99. The second kappa shape index (κ2) is 10.3. The van der Waals surface area contributed by atoms with Gasteiger partial charge in [-0.15, -0.1) is 39.4 Å². The zero-order valence-electron chi connectivity index (χ0n) is 17.9. The Balaban J connectivity index is 1.74. The van der Waals surface area contributed by atoms with Gasteiger partial charge in [0.2, 0.25) is 5.91 Å². The number of thioether (sulfide) groups is 1. The molecule has 7 nitrogen and oxygen atoms in total. The van der Waals surface area contributed by atoms with Crippen LogP contribution >= 0.6 is 34.4 Å². The number of carbonyl (C=O) groups excluding carboxylic acids is 2. The molecule has 10 heteroatoms. The van der Waals surface area contributed by atoms with E-state index in [1.807, 2.05) is 18.4 Å². The lowest BCUT2D eigenvalue weighted by Crippen LogP contribution is -2.16. The number of anilines is 1. The number of rotatable bonds is 9. The summed E-state index contributed by atoms with van der Waals surface area (Å²) in [5.74, 6) is 0.212. The van der Waals surface area contributed by atoms with Crippen molar-refractivity contribution in [3.8, 4) is 11.4 Å². The first kappa shape index (κ1) is 23.2. The Morgan fingerprint density at radius 2 is 2.13 bits per heavy atom. The van der Waals surface area contributed by atoms with Crippen LogP contribution in [0.2, 0.25) is 0 Å². The van der Waals surface area contributed by atoms with E-state index in [1.165, 1.54) is 35.1 Å². The molecule has 1 N–H and O–H groups in total. The van der Waals surface area contributed by atoms with E-state index in [0.717, 1.165) is 28.2 Å². The molecule has 3 rings (SSSR count). The Bertz CT molecular complexity index is 1110. The van der Waals surface area contributed by atoms with Crippen molar-refractivity contribution in [2.24, 2.45) is 0 Å². The van der Waals surface area contributed by atoms with Gasteiger partial charge in [-0.2, -0.15) is 0 Å². The van der Waals surface area contributed by atoms with E-state index in [2.05, 4.69) is 40.5 Å². The summed E-state index contributed by atoms with van der Waals surface area (Å²) in [6.07, 6.45) is 2.75. The third-order valence-electron chi connectivity index (χ3n) is 4.65. The fraction of sp³-hybridized carbons (Fsp3) is 0.333. The second-order valence-corrected chi connectivity index (χ2v) is 9.84. The van der Waals surface area contributed by atoms with Gasteiger partial charge in [0.1, 0.15) is 5.00 Å². The molecular weight excluding hydrogens is 452 g/mol. The van der Waals surface area contributed by atoms with Gasteiger partial charge < -0.3 is 10.1 Å². The van der Waals surface area contributed by atoms with Crippen LogP contribution in [0.3, 0.4) is 0 Å². The zero-order chi connectivity index (χ0) is 22.5. The highest BCUT2D eigenvalue weighted by Crippen LogP contribution is 2.33. The lowest BCUT2D eigenvalue weighted by atomic mass is 10.1. The fourth-order valence-corrected chi connectivity index (χ4v) is 5.57. The molecule has 0 aliphatic carbocycles. The maximum atomic E-state index is 12.6. The van der Waals surface area contributed by atoms with Crippen LogP contribution in [-0.4, -0.2) is 39.5 Å². The van der Waals surface area contributed by atoms with Crippen LogP contribution in [0.25, 0.3) is 11.4 Å². The van der Waals surface area contributed by atoms with Crippen molar-refractivity contribution in [2.45, 2.75) is 38.9 Å². The predicted molar refractivity (Wildman–Crippen MR) is 127 cm³/mol. The number of hydrogen-bond donors (Lipinski definition) is 1. The molecule has 3 aromatic heterocycles. The summed E-state index contributed by atoms with van der Waals surface area (Å²) in [6, 6.07) is 2.12. The number of ether oxygens (including phenoxy) is 1. The van der Waals surface area contributed by atoms with Gasteiger partial charge in [0.15, 0.2) is 11.0 Å². The summed E-state index contributed by atoms with van der Waals surface area (Å²) in [6.45, 7) is 10.2. The Morgan fingerprint density at radius 1 is 1.35 bits per heavy atom. The zero-order valence-corrected chi connectivity index (χ0v) is 20.3. The maximum absolute atomic E-state index is 12.6. The highest BCUT2D eigenvalue weighted by Gasteiger charge is 2.22. The number of hydrogen-bond acceptors (Lipinski definition) is 8. The van der Waals surface area contributed by atoms with E-state index < -0.39 is 5.97 Å². The number of thiophene rings is 2. The number of nitrogens with one attached hydrogen (secondary N) is 1. The average molecular weight is 477 g/mol. The minimum atomic E-state index is -0.456. The van der Waals surface area contributed by atoms with Gasteiger partial charge in [-0.05, 0) is 31.9 Å². The second-order valence-electron chi connectivity index (χ2n) is 6.68. The molecule has 3 heterocycles. The molecule has 0 fully saturated rings. The van der Waals surface area contributed by atoms with Gasteiger partial charge in [0.25, 0.3) is 0 Å². The minimum Gasteiger partial charge on any atom is -0.465 e. The number of aryl methyl sites for hydroxylation is 2. The van der Waals surface area contributed by atoms with E-state index in [4.69, 9.17) is 4.74 Å². The summed E-state index contributed by atoms with van der Waals surface area (Å²) < 4.78 is 6.81. The van der Waals surface area contributed by atoms with Gasteiger partial charge in [0, 0.05) is 27.2 Å². The lowest BCUT2D eigenvalue weighted by Gasteiger charge is -2.08. The normalized spacial score (nSPS) is 10.8. The van der Waals surface area contributed by atoms with Gasteiger partial charge >= 0.3 is 5.97 Å². The molecule has 3 aromatic rings. The smallest absolute Gasteiger partial charge is 0.341 e. The Morgan fingerprint density at radius 3 is 2.77 bits per heavy atom. The third-order valence-corrected chi connectivity index (χ3v) is 7.82. The summed E-state index contributed by atoms with van der Waals surface area (Å²) in [7, 11) is 1.33. The summed E-state index contributed by atoms with van der Waals surface area (Å²) >= 11 is 4.35. The van der Waals surface area contributed by atoms with Crippen molar-refractivity contribution in [3.63, 3.8) is 0 Å². The van der Waals surface area contributed by atoms with Gasteiger partial charge in [0.05, 0.1) is 18.4 Å². The number of allylic oxidation sites excluding steroid dienone is 1. The van der Waals surface area contributed by atoms with Crippen LogP contribution in [-0.2, 0) is 22.5 Å². The van der Waals surface area contributed by atoms with Crippen molar-refractivity contribution < 1.29 is 14.3 Å². The minimum absolute atomic E-state index is 0.135. The third kappa shape index (κ3) is 5.08. The molecule has 0 aromatic carbocycles. The lowest BCUT2D eigenvalue weighted by molar-refractivity contribution is -0.113. The molecule has 0 unspecified atom stereocenters. The van der Waals surface area contributed by atoms with Crippen LogP contribution in [0.15, 0.2) is 29.3 Å². The molecule has 0 aliphatic rings. The van der Waals surface area contributed by atoms with Crippen LogP contribution in [0, 0.1) is 13.8 Å². The predicted octanol–water partition coefficient (Wildman–Crippen LogP) is 4.95. The van der Waals surface area contributed by atoms with Crippen LogP contribution in [0.1, 0.15) is 32.6 Å². The van der Waals surface area contributed by atoms with E-state index in [1.54, 1.807) is 17.4 Å². The standard InChI is InChI=1S/C21H24N4O3S3/c1-6-8-25-18(14-9-15(7-2)29-10-14)23-24-21(25)30-11-16(26)22-19-17(20(27)28-5)12(3)13(4)31-19/h6,9-10H,1,7-8,11H2,2-5H3,(H,22,26). The van der Waals surface area contributed by atoms with E-state index in [-0.39, 0.29) is 11.7 Å². The van der Waals surface area contributed by atoms with Gasteiger partial charge in [-0.1, -0.05) is 24.8 Å². The van der Waals surface area contributed by atoms with E-state index >= 15 is 0 Å². The number of aromatic nitrogens is 3. The van der Waals surface area contributed by atoms with Crippen molar-refractivity contribution >= 4 is 51.3 Å². The number of nitrogens with zero attached hydrogens (tertiary/aromatic N) is 3. The van der Waals surface area contributed by atoms with Crippen LogP contribution in [0.4, 0.5) is 5.00 Å². The molecule has 0 saturated carbocycles. The SMILES string of the molecule is C=CCn1c(SCC(=O)Nc2sc(C)c(C)c2C(=O)OC)nnc1-c1csc(CC)c1. The average Bonchev–Trinajstić information content (AvgIpc) is 3.45. The Labute approximate surface area is 193 Å². The number of amides is 1. The number of methoxy groups -OCH3 is 1. The van der Waals surface area contributed by atoms with Crippen molar-refractivity contribution in [3.05, 3.63) is 45.0 Å². The van der Waals surface area contributed by atoms with Gasteiger partial charge in [-0.25, -0.2) is 4.79 Å².